The Bertz CT molecular complexity index is 867. The number of rotatable bonds is 10. The molecule has 0 fully saturated rings. The van der Waals surface area contributed by atoms with Crippen molar-refractivity contribution in [3.05, 3.63) is 63.7 Å². The van der Waals surface area contributed by atoms with Crippen LogP contribution in [-0.2, 0) is 6.42 Å². The Kier molecular flexibility index (Phi) is 9.87. The molecule has 0 aliphatic heterocycles. The van der Waals surface area contributed by atoms with Crippen molar-refractivity contribution in [2.45, 2.75) is 79.1 Å². The number of aryl methyl sites for hydroxylation is 3. The largest absolute Gasteiger partial charge is 0.494 e. The number of hydrogen-bond donors (Lipinski definition) is 0. The van der Waals surface area contributed by atoms with E-state index in [0.717, 1.165) is 48.1 Å². The van der Waals surface area contributed by atoms with Crippen molar-refractivity contribution in [1.82, 2.24) is 0 Å². The molecule has 0 heterocycles. The van der Waals surface area contributed by atoms with Gasteiger partial charge in [-0.15, -0.1) is 0 Å². The van der Waals surface area contributed by atoms with Gasteiger partial charge in [-0.1, -0.05) is 63.9 Å². The molecule has 0 aliphatic carbocycles. The molecule has 0 atom stereocenters. The Morgan fingerprint density at radius 2 is 1.47 bits per heavy atom. The summed E-state index contributed by atoms with van der Waals surface area (Å²) in [5, 5.41) is 0. The Hall–Kier alpha value is -2.34. The fraction of sp³-hybridized carbons (Fsp3) is 0.481. The van der Waals surface area contributed by atoms with E-state index in [1.807, 2.05) is 26.0 Å². The Labute approximate surface area is 180 Å². The molecule has 0 radical (unpaired) electrons. The third-order valence-corrected chi connectivity index (χ3v) is 5.31. The Morgan fingerprint density at radius 1 is 0.800 bits per heavy atom. The molecule has 0 aromatic heterocycles. The molecule has 0 amide bonds. The highest BCUT2D eigenvalue weighted by Gasteiger charge is 2.12. The third-order valence-electron chi connectivity index (χ3n) is 5.31. The number of halogens is 2. The molecule has 0 spiro atoms. The highest BCUT2D eigenvalue weighted by molar-refractivity contribution is 5.53. The summed E-state index contributed by atoms with van der Waals surface area (Å²) >= 11 is 0. The molecule has 0 bridgehead atoms. The summed E-state index contributed by atoms with van der Waals surface area (Å²) in [6.45, 7) is 8.92. The first-order valence-corrected chi connectivity index (χ1v) is 11.2. The summed E-state index contributed by atoms with van der Waals surface area (Å²) in [5.74, 6) is 5.08. The van der Waals surface area contributed by atoms with Crippen LogP contribution in [0.4, 0.5) is 8.78 Å². The topological polar surface area (TPSA) is 9.23 Å². The van der Waals surface area contributed by atoms with Gasteiger partial charge in [0, 0.05) is 5.56 Å². The van der Waals surface area contributed by atoms with Crippen LogP contribution in [-0.4, -0.2) is 6.61 Å². The summed E-state index contributed by atoms with van der Waals surface area (Å²) in [5.41, 5.74) is 3.31. The lowest BCUT2D eigenvalue weighted by molar-refractivity contribution is 0.304. The first-order chi connectivity index (χ1) is 14.5. The zero-order valence-electron chi connectivity index (χ0n) is 18.8. The van der Waals surface area contributed by atoms with Crippen molar-refractivity contribution in [3.8, 4) is 17.6 Å². The van der Waals surface area contributed by atoms with Crippen LogP contribution in [0, 0.1) is 37.3 Å². The molecule has 0 saturated heterocycles. The van der Waals surface area contributed by atoms with E-state index in [-0.39, 0.29) is 5.56 Å². The molecule has 0 N–H and O–H groups in total. The predicted octanol–water partition coefficient (Wildman–Crippen LogP) is 7.67. The second-order valence-electron chi connectivity index (χ2n) is 7.95. The van der Waals surface area contributed by atoms with Gasteiger partial charge in [-0.25, -0.2) is 8.78 Å². The van der Waals surface area contributed by atoms with Gasteiger partial charge in [0.25, 0.3) is 0 Å². The van der Waals surface area contributed by atoms with E-state index >= 15 is 0 Å². The molecule has 2 aromatic rings. The quantitative estimate of drug-likeness (QED) is 0.287. The van der Waals surface area contributed by atoms with Gasteiger partial charge in [-0.05, 0) is 68.0 Å². The molecule has 2 aromatic carbocycles. The van der Waals surface area contributed by atoms with Gasteiger partial charge in [-0.3, -0.25) is 0 Å². The Balaban J connectivity index is 2.12. The summed E-state index contributed by atoms with van der Waals surface area (Å²) in [7, 11) is 0. The minimum Gasteiger partial charge on any atom is -0.494 e. The maximum Gasteiger partial charge on any atom is 0.174 e. The zero-order chi connectivity index (χ0) is 21.9. The Morgan fingerprint density at radius 3 is 2.13 bits per heavy atom. The summed E-state index contributed by atoms with van der Waals surface area (Å²) in [4.78, 5) is 0. The first kappa shape index (κ1) is 23.9. The predicted molar refractivity (Wildman–Crippen MR) is 121 cm³/mol. The van der Waals surface area contributed by atoms with E-state index in [9.17, 15) is 8.78 Å². The van der Waals surface area contributed by atoms with Gasteiger partial charge in [0.05, 0.1) is 12.2 Å². The number of hydrogen-bond acceptors (Lipinski definition) is 1. The highest BCUT2D eigenvalue weighted by Crippen LogP contribution is 2.23. The molecule has 162 valence electrons. The second kappa shape index (κ2) is 12.4. The van der Waals surface area contributed by atoms with Crippen molar-refractivity contribution in [1.29, 1.82) is 0 Å². The maximum absolute atomic E-state index is 14.5. The fourth-order valence-electron chi connectivity index (χ4n) is 3.50. The lowest BCUT2D eigenvalue weighted by Gasteiger charge is -2.10. The van der Waals surface area contributed by atoms with Gasteiger partial charge in [0.2, 0.25) is 0 Å². The van der Waals surface area contributed by atoms with Crippen molar-refractivity contribution in [2.75, 3.05) is 6.61 Å². The highest BCUT2D eigenvalue weighted by atomic mass is 19.2. The minimum atomic E-state index is -0.848. The third kappa shape index (κ3) is 6.87. The normalized spacial score (nSPS) is 10.6. The van der Waals surface area contributed by atoms with E-state index in [4.69, 9.17) is 4.74 Å². The number of unbranched alkanes of at least 4 members (excludes halogenated alkanes) is 5. The maximum atomic E-state index is 14.5. The average molecular weight is 413 g/mol. The average Bonchev–Trinajstić information content (AvgIpc) is 2.72. The van der Waals surface area contributed by atoms with Crippen LogP contribution in [0.25, 0.3) is 0 Å². The molecular weight excluding hydrogens is 378 g/mol. The van der Waals surface area contributed by atoms with Crippen molar-refractivity contribution < 1.29 is 13.5 Å². The van der Waals surface area contributed by atoms with Gasteiger partial charge in [0.1, 0.15) is 5.75 Å². The van der Waals surface area contributed by atoms with Crippen LogP contribution in [0.15, 0.2) is 24.3 Å². The van der Waals surface area contributed by atoms with Crippen molar-refractivity contribution in [2.24, 2.45) is 0 Å². The molecular formula is C27H34F2O. The lowest BCUT2D eigenvalue weighted by Crippen LogP contribution is -2.00. The zero-order valence-corrected chi connectivity index (χ0v) is 18.8. The molecule has 0 unspecified atom stereocenters. The number of ether oxygens (including phenoxy) is 1. The number of benzene rings is 2. The molecule has 30 heavy (non-hydrogen) atoms. The van der Waals surface area contributed by atoms with Crippen LogP contribution >= 0.6 is 0 Å². The van der Waals surface area contributed by atoms with Crippen molar-refractivity contribution in [3.63, 3.8) is 0 Å². The molecule has 0 aliphatic rings. The smallest absolute Gasteiger partial charge is 0.174 e. The summed E-state index contributed by atoms with van der Waals surface area (Å²) in [6, 6.07) is 7.17. The van der Waals surface area contributed by atoms with Crippen LogP contribution in [0.2, 0.25) is 0 Å². The molecule has 2 rings (SSSR count). The lowest BCUT2D eigenvalue weighted by atomic mass is 10.0. The van der Waals surface area contributed by atoms with Crippen LogP contribution < -0.4 is 4.74 Å². The van der Waals surface area contributed by atoms with Crippen LogP contribution in [0.3, 0.4) is 0 Å². The van der Waals surface area contributed by atoms with E-state index in [1.165, 1.54) is 19.3 Å². The summed E-state index contributed by atoms with van der Waals surface area (Å²) < 4.78 is 34.7. The monoisotopic (exact) mass is 412 g/mol. The molecule has 3 heteroatoms. The minimum absolute atomic E-state index is 0.0989. The van der Waals surface area contributed by atoms with Crippen LogP contribution in [0.5, 0.6) is 5.75 Å². The molecule has 0 saturated carbocycles. The SMILES string of the molecule is CCCCCCOc1cc(C)c(C#Cc2ccc(CCCCC)c(F)c2F)c(C)c1. The van der Waals surface area contributed by atoms with Crippen molar-refractivity contribution >= 4 is 0 Å². The van der Waals surface area contributed by atoms with E-state index in [1.54, 1.807) is 12.1 Å². The van der Waals surface area contributed by atoms with Gasteiger partial charge < -0.3 is 4.74 Å². The summed E-state index contributed by atoms with van der Waals surface area (Å²) in [6.07, 6.45) is 8.15. The van der Waals surface area contributed by atoms with E-state index < -0.39 is 11.6 Å². The first-order valence-electron chi connectivity index (χ1n) is 11.2. The molecule has 1 nitrogen and oxygen atoms in total. The second-order valence-corrected chi connectivity index (χ2v) is 7.95. The van der Waals surface area contributed by atoms with E-state index in [2.05, 4.69) is 25.7 Å². The van der Waals surface area contributed by atoms with E-state index in [0.29, 0.717) is 18.6 Å². The standard InChI is InChI=1S/C27H34F2O/c1-5-7-9-11-17-30-24-18-20(3)25(21(4)19-24)16-15-23-14-13-22(12-10-8-6-2)26(28)27(23)29/h13-14,18-19H,5-12,17H2,1-4H3. The van der Waals surface area contributed by atoms with Gasteiger partial charge in [-0.2, -0.15) is 0 Å². The van der Waals surface area contributed by atoms with Crippen LogP contribution in [0.1, 0.15) is 86.6 Å². The van der Waals surface area contributed by atoms with Gasteiger partial charge in [0.15, 0.2) is 11.6 Å². The fourth-order valence-corrected chi connectivity index (χ4v) is 3.50. The van der Waals surface area contributed by atoms with Gasteiger partial charge >= 0.3 is 0 Å².